The van der Waals surface area contributed by atoms with Crippen LogP contribution in [0.4, 0.5) is 0 Å². The van der Waals surface area contributed by atoms with E-state index in [-0.39, 0.29) is 11.7 Å². The summed E-state index contributed by atoms with van der Waals surface area (Å²) in [5.74, 6) is 1.79. The average molecular weight is 294 g/mol. The highest BCUT2D eigenvalue weighted by molar-refractivity contribution is 5.88. The molecule has 2 atom stereocenters. The van der Waals surface area contributed by atoms with E-state index in [1.165, 1.54) is 38.5 Å². The first kappa shape index (κ1) is 16.8. The number of nitrogens with one attached hydrogen (secondary N) is 1. The zero-order valence-electron chi connectivity index (χ0n) is 14.5. The van der Waals surface area contributed by atoms with Crippen molar-refractivity contribution in [2.45, 2.75) is 90.8 Å². The first-order chi connectivity index (χ1) is 9.96. The molecular weight excluding hydrogens is 260 g/mol. The summed E-state index contributed by atoms with van der Waals surface area (Å²) in [5, 5.41) is 3.61. The van der Waals surface area contributed by atoms with E-state index < -0.39 is 0 Å². The Morgan fingerprint density at radius 3 is 2.52 bits per heavy atom. The maximum absolute atomic E-state index is 12.8. The molecule has 3 nitrogen and oxygen atoms in total. The molecule has 1 aliphatic heterocycles. The van der Waals surface area contributed by atoms with Gasteiger partial charge in [-0.25, -0.2) is 0 Å². The van der Waals surface area contributed by atoms with Crippen LogP contribution in [-0.2, 0) is 4.79 Å². The highest BCUT2D eigenvalue weighted by Gasteiger charge is 2.46. The maximum atomic E-state index is 12.8. The van der Waals surface area contributed by atoms with Crippen LogP contribution in [0.25, 0.3) is 0 Å². The quantitative estimate of drug-likeness (QED) is 0.805. The number of hydrogen-bond donors (Lipinski definition) is 1. The van der Waals surface area contributed by atoms with Gasteiger partial charge in [0.1, 0.15) is 0 Å². The van der Waals surface area contributed by atoms with Crippen molar-refractivity contribution in [3.8, 4) is 0 Å². The first-order valence-corrected chi connectivity index (χ1v) is 9.05. The Balaban J connectivity index is 1.97. The lowest BCUT2D eigenvalue weighted by atomic mass is 9.87. The fraction of sp³-hybridized carbons (Fsp3) is 0.944. The second kappa shape index (κ2) is 7.13. The molecular formula is C18H34N2O. The van der Waals surface area contributed by atoms with Gasteiger partial charge in [-0.2, -0.15) is 0 Å². The Bertz CT molecular complexity index is 349. The van der Waals surface area contributed by atoms with Crippen molar-refractivity contribution in [1.29, 1.82) is 0 Å². The van der Waals surface area contributed by atoms with E-state index in [4.69, 9.17) is 0 Å². The highest BCUT2D eigenvalue weighted by atomic mass is 16.2. The van der Waals surface area contributed by atoms with E-state index in [1.54, 1.807) is 0 Å². The van der Waals surface area contributed by atoms with Crippen molar-refractivity contribution >= 4 is 5.91 Å². The summed E-state index contributed by atoms with van der Waals surface area (Å²) in [4.78, 5) is 14.9. The molecule has 0 spiro atoms. The van der Waals surface area contributed by atoms with Crippen LogP contribution in [0.15, 0.2) is 0 Å². The molecule has 122 valence electrons. The SMILES string of the molecule is CCC1(C)NC(CC(C)C)N(CCC2CCCCC2)C1=O. The van der Waals surface area contributed by atoms with E-state index in [1.807, 2.05) is 0 Å². The lowest BCUT2D eigenvalue weighted by Crippen LogP contribution is -2.44. The Hall–Kier alpha value is -0.570. The Labute approximate surface area is 130 Å². The summed E-state index contributed by atoms with van der Waals surface area (Å²) in [7, 11) is 0. The van der Waals surface area contributed by atoms with Crippen LogP contribution < -0.4 is 5.32 Å². The van der Waals surface area contributed by atoms with Gasteiger partial charge in [0.2, 0.25) is 5.91 Å². The lowest BCUT2D eigenvalue weighted by Gasteiger charge is -2.29. The molecule has 1 heterocycles. The van der Waals surface area contributed by atoms with E-state index in [9.17, 15) is 4.79 Å². The molecule has 1 aliphatic carbocycles. The topological polar surface area (TPSA) is 32.3 Å². The summed E-state index contributed by atoms with van der Waals surface area (Å²) in [6.07, 6.45) is 10.3. The minimum atomic E-state index is -0.341. The molecule has 1 amide bonds. The summed E-state index contributed by atoms with van der Waals surface area (Å²) in [5.41, 5.74) is -0.341. The number of hydrogen-bond acceptors (Lipinski definition) is 2. The van der Waals surface area contributed by atoms with Gasteiger partial charge in [0.15, 0.2) is 0 Å². The van der Waals surface area contributed by atoms with Crippen LogP contribution in [0, 0.1) is 11.8 Å². The highest BCUT2D eigenvalue weighted by Crippen LogP contribution is 2.30. The second-order valence-corrected chi connectivity index (χ2v) is 7.77. The Morgan fingerprint density at radius 2 is 1.95 bits per heavy atom. The second-order valence-electron chi connectivity index (χ2n) is 7.77. The van der Waals surface area contributed by atoms with Gasteiger partial charge in [0, 0.05) is 6.54 Å². The van der Waals surface area contributed by atoms with Crippen molar-refractivity contribution in [3.63, 3.8) is 0 Å². The van der Waals surface area contributed by atoms with Gasteiger partial charge in [-0.1, -0.05) is 52.9 Å². The van der Waals surface area contributed by atoms with Gasteiger partial charge in [-0.15, -0.1) is 0 Å². The number of carbonyl (C=O) groups is 1. The summed E-state index contributed by atoms with van der Waals surface area (Å²) in [6, 6.07) is 0. The molecule has 0 aromatic carbocycles. The largest absolute Gasteiger partial charge is 0.326 e. The van der Waals surface area contributed by atoms with Gasteiger partial charge in [0.05, 0.1) is 11.7 Å². The summed E-state index contributed by atoms with van der Waals surface area (Å²) >= 11 is 0. The average Bonchev–Trinajstić information content (AvgIpc) is 2.69. The minimum absolute atomic E-state index is 0.242. The molecule has 2 rings (SSSR count). The third kappa shape index (κ3) is 4.00. The van der Waals surface area contributed by atoms with Gasteiger partial charge in [-0.3, -0.25) is 10.1 Å². The number of carbonyl (C=O) groups excluding carboxylic acids is 1. The summed E-state index contributed by atoms with van der Waals surface area (Å²) < 4.78 is 0. The predicted octanol–water partition coefficient (Wildman–Crippen LogP) is 3.93. The van der Waals surface area contributed by atoms with E-state index >= 15 is 0 Å². The van der Waals surface area contributed by atoms with Crippen LogP contribution >= 0.6 is 0 Å². The minimum Gasteiger partial charge on any atom is -0.326 e. The molecule has 2 aliphatic rings. The van der Waals surface area contributed by atoms with Gasteiger partial charge < -0.3 is 4.90 Å². The smallest absolute Gasteiger partial charge is 0.243 e. The van der Waals surface area contributed by atoms with Crippen molar-refractivity contribution in [1.82, 2.24) is 10.2 Å². The van der Waals surface area contributed by atoms with Crippen molar-refractivity contribution in [2.75, 3.05) is 6.54 Å². The fourth-order valence-electron chi connectivity index (χ4n) is 3.91. The van der Waals surface area contributed by atoms with Crippen LogP contribution in [0.5, 0.6) is 0 Å². The number of nitrogens with zero attached hydrogens (tertiary/aromatic N) is 1. The lowest BCUT2D eigenvalue weighted by molar-refractivity contribution is -0.133. The van der Waals surface area contributed by atoms with Crippen molar-refractivity contribution in [2.24, 2.45) is 11.8 Å². The van der Waals surface area contributed by atoms with Crippen LogP contribution in [0.1, 0.15) is 79.1 Å². The molecule has 21 heavy (non-hydrogen) atoms. The third-order valence-corrected chi connectivity index (χ3v) is 5.50. The van der Waals surface area contributed by atoms with E-state index in [0.29, 0.717) is 11.8 Å². The molecule has 0 bridgehead atoms. The first-order valence-electron chi connectivity index (χ1n) is 9.05. The van der Waals surface area contributed by atoms with Crippen LogP contribution in [0.2, 0.25) is 0 Å². The van der Waals surface area contributed by atoms with Crippen LogP contribution in [-0.4, -0.2) is 29.1 Å². The molecule has 1 N–H and O–H groups in total. The molecule has 0 radical (unpaired) electrons. The number of amides is 1. The predicted molar refractivity (Wildman–Crippen MR) is 88.0 cm³/mol. The van der Waals surface area contributed by atoms with Crippen LogP contribution in [0.3, 0.4) is 0 Å². The molecule has 0 aromatic rings. The molecule has 0 aromatic heterocycles. The normalized spacial score (nSPS) is 31.4. The fourth-order valence-corrected chi connectivity index (χ4v) is 3.91. The third-order valence-electron chi connectivity index (χ3n) is 5.50. The Morgan fingerprint density at radius 1 is 1.29 bits per heavy atom. The maximum Gasteiger partial charge on any atom is 0.243 e. The number of rotatable bonds is 6. The monoisotopic (exact) mass is 294 g/mol. The molecule has 2 unspecified atom stereocenters. The molecule has 2 fully saturated rings. The molecule has 1 saturated carbocycles. The standard InChI is InChI=1S/C18H34N2O/c1-5-18(4)17(21)20(16(19-18)13-14(2)3)12-11-15-9-7-6-8-10-15/h14-16,19H,5-13H2,1-4H3. The van der Waals surface area contributed by atoms with E-state index in [2.05, 4.69) is 37.9 Å². The van der Waals surface area contributed by atoms with E-state index in [0.717, 1.165) is 25.3 Å². The zero-order chi connectivity index (χ0) is 15.5. The van der Waals surface area contributed by atoms with Crippen molar-refractivity contribution < 1.29 is 4.79 Å². The zero-order valence-corrected chi connectivity index (χ0v) is 14.5. The van der Waals surface area contributed by atoms with Crippen molar-refractivity contribution in [3.05, 3.63) is 0 Å². The Kier molecular flexibility index (Phi) is 5.70. The van der Waals surface area contributed by atoms with Gasteiger partial charge >= 0.3 is 0 Å². The molecule has 3 heteroatoms. The summed E-state index contributed by atoms with van der Waals surface area (Å²) in [6.45, 7) is 9.62. The van der Waals surface area contributed by atoms with Gasteiger partial charge in [-0.05, 0) is 38.0 Å². The van der Waals surface area contributed by atoms with Gasteiger partial charge in [0.25, 0.3) is 0 Å². The molecule has 1 saturated heterocycles.